The second-order valence-corrected chi connectivity index (χ2v) is 6.51. The Kier molecular flexibility index (Phi) is 7.04. The molecular weight excluding hydrogens is 330 g/mol. The molecule has 0 radical (unpaired) electrons. The molecule has 3 N–H and O–H groups in total. The lowest BCUT2D eigenvalue weighted by atomic mass is 10.3. The maximum atomic E-state index is 11.8. The molecule has 0 saturated heterocycles. The van der Waals surface area contributed by atoms with E-state index in [9.17, 15) is 9.59 Å². The molecule has 5 nitrogen and oxygen atoms in total. The van der Waals surface area contributed by atoms with E-state index in [2.05, 4.69) is 31.9 Å². The first-order valence-corrected chi connectivity index (χ1v) is 7.64. The predicted molar refractivity (Wildman–Crippen MR) is 80.5 cm³/mol. The van der Waals surface area contributed by atoms with Crippen LogP contribution < -0.4 is 16.0 Å². The van der Waals surface area contributed by atoms with E-state index in [1.807, 2.05) is 13.1 Å². The second-order valence-electron chi connectivity index (χ2n) is 4.05. The SMILES string of the molecule is CNCCCNC(=O)C(C)NC(=O)c1ccc(Br)s1. The minimum absolute atomic E-state index is 0.167. The van der Waals surface area contributed by atoms with Gasteiger partial charge in [0, 0.05) is 6.54 Å². The van der Waals surface area contributed by atoms with Crippen molar-refractivity contribution in [2.45, 2.75) is 19.4 Å². The number of amides is 2. The molecule has 0 fully saturated rings. The average molecular weight is 348 g/mol. The summed E-state index contributed by atoms with van der Waals surface area (Å²) < 4.78 is 0.891. The largest absolute Gasteiger partial charge is 0.354 e. The normalized spacial score (nSPS) is 11.9. The monoisotopic (exact) mass is 347 g/mol. The molecule has 0 bridgehead atoms. The highest BCUT2D eigenvalue weighted by Gasteiger charge is 2.17. The van der Waals surface area contributed by atoms with E-state index >= 15 is 0 Å². The van der Waals surface area contributed by atoms with E-state index in [1.165, 1.54) is 11.3 Å². The number of carbonyl (C=O) groups is 2. The first-order valence-electron chi connectivity index (χ1n) is 6.03. The topological polar surface area (TPSA) is 70.2 Å². The summed E-state index contributed by atoms with van der Waals surface area (Å²) in [6, 6.07) is 2.99. The zero-order valence-electron chi connectivity index (χ0n) is 11.0. The molecule has 1 atom stereocenters. The van der Waals surface area contributed by atoms with Gasteiger partial charge in [-0.1, -0.05) is 0 Å². The van der Waals surface area contributed by atoms with Gasteiger partial charge in [-0.15, -0.1) is 11.3 Å². The third-order valence-corrected chi connectivity index (χ3v) is 4.06. The van der Waals surface area contributed by atoms with Gasteiger partial charge in [-0.3, -0.25) is 9.59 Å². The Bertz CT molecular complexity index is 436. The minimum atomic E-state index is -0.539. The van der Waals surface area contributed by atoms with Gasteiger partial charge in [0.05, 0.1) is 8.66 Å². The number of halogens is 1. The molecule has 1 aromatic rings. The zero-order valence-corrected chi connectivity index (χ0v) is 13.4. The Morgan fingerprint density at radius 3 is 2.68 bits per heavy atom. The Balaban J connectivity index is 2.35. The van der Waals surface area contributed by atoms with Gasteiger partial charge in [-0.25, -0.2) is 0 Å². The van der Waals surface area contributed by atoms with Crippen LogP contribution in [0.25, 0.3) is 0 Å². The molecule has 1 heterocycles. The third-order valence-electron chi connectivity index (χ3n) is 2.44. The number of carbonyl (C=O) groups excluding carboxylic acids is 2. The Hall–Kier alpha value is -0.920. The quantitative estimate of drug-likeness (QED) is 0.652. The molecule has 2 amide bonds. The number of hydrogen-bond acceptors (Lipinski definition) is 4. The van der Waals surface area contributed by atoms with Crippen molar-refractivity contribution in [1.82, 2.24) is 16.0 Å². The van der Waals surface area contributed by atoms with Gasteiger partial charge in [-0.05, 0) is 55.0 Å². The van der Waals surface area contributed by atoms with Gasteiger partial charge in [0.1, 0.15) is 6.04 Å². The summed E-state index contributed by atoms with van der Waals surface area (Å²) in [5, 5.41) is 8.46. The van der Waals surface area contributed by atoms with E-state index in [0.29, 0.717) is 11.4 Å². The summed E-state index contributed by atoms with van der Waals surface area (Å²) in [5.74, 6) is -0.395. The third kappa shape index (κ3) is 5.71. The van der Waals surface area contributed by atoms with Crippen LogP contribution in [0.5, 0.6) is 0 Å². The van der Waals surface area contributed by atoms with Crippen LogP contribution in [0.1, 0.15) is 23.0 Å². The van der Waals surface area contributed by atoms with Gasteiger partial charge >= 0.3 is 0 Å². The molecule has 1 rings (SSSR count). The van der Waals surface area contributed by atoms with Crippen molar-refractivity contribution in [3.05, 3.63) is 20.8 Å². The molecule has 0 aliphatic heterocycles. The van der Waals surface area contributed by atoms with Crippen molar-refractivity contribution in [1.29, 1.82) is 0 Å². The van der Waals surface area contributed by atoms with Crippen LogP contribution in [0.2, 0.25) is 0 Å². The van der Waals surface area contributed by atoms with Crippen molar-refractivity contribution >= 4 is 39.1 Å². The predicted octanol–water partition coefficient (Wildman–Crippen LogP) is 1.35. The Morgan fingerprint density at radius 1 is 1.37 bits per heavy atom. The molecule has 19 heavy (non-hydrogen) atoms. The number of nitrogens with one attached hydrogen (secondary N) is 3. The summed E-state index contributed by atoms with van der Waals surface area (Å²) >= 11 is 4.64. The fraction of sp³-hybridized carbons (Fsp3) is 0.500. The molecule has 1 aromatic heterocycles. The van der Waals surface area contributed by atoms with Gasteiger partial charge in [0.25, 0.3) is 5.91 Å². The molecule has 7 heteroatoms. The van der Waals surface area contributed by atoms with Gasteiger partial charge in [-0.2, -0.15) is 0 Å². The molecular formula is C12H18BrN3O2S. The molecule has 106 valence electrons. The van der Waals surface area contributed by atoms with Crippen molar-refractivity contribution in [2.24, 2.45) is 0 Å². The molecule has 0 aliphatic rings. The Labute approximate surface area is 125 Å². The fourth-order valence-electron chi connectivity index (χ4n) is 1.40. The van der Waals surface area contributed by atoms with Crippen LogP contribution >= 0.6 is 27.3 Å². The summed E-state index contributed by atoms with van der Waals surface area (Å²) in [7, 11) is 1.86. The van der Waals surface area contributed by atoms with E-state index in [-0.39, 0.29) is 11.8 Å². The molecule has 0 spiro atoms. The van der Waals surface area contributed by atoms with Crippen molar-refractivity contribution in [3.8, 4) is 0 Å². The van der Waals surface area contributed by atoms with Crippen LogP contribution in [0, 0.1) is 0 Å². The summed E-state index contributed by atoms with van der Waals surface area (Å²) in [4.78, 5) is 24.1. The number of hydrogen-bond donors (Lipinski definition) is 3. The maximum absolute atomic E-state index is 11.8. The van der Waals surface area contributed by atoms with Gasteiger partial charge < -0.3 is 16.0 Å². The molecule has 0 saturated carbocycles. The number of thiophene rings is 1. The number of rotatable bonds is 7. The highest BCUT2D eigenvalue weighted by Crippen LogP contribution is 2.21. The standard InChI is InChI=1S/C12H18BrN3O2S/c1-8(11(17)15-7-3-6-14-2)16-12(18)9-4-5-10(13)19-9/h4-5,8,14H,3,6-7H2,1-2H3,(H,15,17)(H,16,18). The van der Waals surface area contributed by atoms with Crippen molar-refractivity contribution in [2.75, 3.05) is 20.1 Å². The molecule has 0 aliphatic carbocycles. The van der Waals surface area contributed by atoms with Crippen LogP contribution in [-0.4, -0.2) is 38.0 Å². The second kappa shape index (κ2) is 8.29. The molecule has 0 aromatic carbocycles. The summed E-state index contributed by atoms with van der Waals surface area (Å²) in [5.41, 5.74) is 0. The van der Waals surface area contributed by atoms with Crippen molar-refractivity contribution in [3.63, 3.8) is 0 Å². The Morgan fingerprint density at radius 2 is 2.11 bits per heavy atom. The lowest BCUT2D eigenvalue weighted by Crippen LogP contribution is -2.45. The fourth-order valence-corrected chi connectivity index (χ4v) is 2.69. The maximum Gasteiger partial charge on any atom is 0.262 e. The van der Waals surface area contributed by atoms with E-state index in [4.69, 9.17) is 0 Å². The zero-order chi connectivity index (χ0) is 14.3. The van der Waals surface area contributed by atoms with E-state index in [0.717, 1.165) is 16.8 Å². The van der Waals surface area contributed by atoms with E-state index < -0.39 is 6.04 Å². The minimum Gasteiger partial charge on any atom is -0.354 e. The highest BCUT2D eigenvalue weighted by molar-refractivity contribution is 9.11. The first-order chi connectivity index (χ1) is 9.04. The summed E-state index contributed by atoms with van der Waals surface area (Å²) in [6.07, 6.45) is 0.862. The van der Waals surface area contributed by atoms with Crippen LogP contribution in [0.3, 0.4) is 0 Å². The average Bonchev–Trinajstić information content (AvgIpc) is 2.81. The van der Waals surface area contributed by atoms with Crippen LogP contribution in [0.4, 0.5) is 0 Å². The lowest BCUT2D eigenvalue weighted by Gasteiger charge is -2.13. The van der Waals surface area contributed by atoms with Crippen LogP contribution in [-0.2, 0) is 4.79 Å². The van der Waals surface area contributed by atoms with Gasteiger partial charge in [0.15, 0.2) is 0 Å². The van der Waals surface area contributed by atoms with Crippen LogP contribution in [0.15, 0.2) is 15.9 Å². The summed E-state index contributed by atoms with van der Waals surface area (Å²) in [6.45, 7) is 3.13. The highest BCUT2D eigenvalue weighted by atomic mass is 79.9. The van der Waals surface area contributed by atoms with Gasteiger partial charge in [0.2, 0.25) is 5.91 Å². The lowest BCUT2D eigenvalue weighted by molar-refractivity contribution is -0.122. The van der Waals surface area contributed by atoms with Crippen molar-refractivity contribution < 1.29 is 9.59 Å². The smallest absolute Gasteiger partial charge is 0.262 e. The first kappa shape index (κ1) is 16.1. The molecule has 1 unspecified atom stereocenters. The van der Waals surface area contributed by atoms with E-state index in [1.54, 1.807) is 13.0 Å².